The minimum Gasteiger partial charge on any atom is -0.466 e. The lowest BCUT2D eigenvalue weighted by molar-refractivity contribution is -0.154. The van der Waals surface area contributed by atoms with Crippen molar-refractivity contribution >= 4 is 5.97 Å². The molecule has 0 atom stereocenters. The van der Waals surface area contributed by atoms with Crippen molar-refractivity contribution in [2.24, 2.45) is 5.41 Å². The maximum atomic E-state index is 11.7. The molecule has 3 heteroatoms. The number of carbonyl (C=O) groups is 1. The van der Waals surface area contributed by atoms with E-state index >= 15 is 0 Å². The van der Waals surface area contributed by atoms with Gasteiger partial charge in [-0.15, -0.1) is 0 Å². The molecule has 1 fully saturated rings. The lowest BCUT2D eigenvalue weighted by Crippen LogP contribution is -2.42. The van der Waals surface area contributed by atoms with Gasteiger partial charge in [0, 0.05) is 6.54 Å². The molecule has 0 spiro atoms. The Labute approximate surface area is 92.8 Å². The molecule has 0 N–H and O–H groups in total. The second kappa shape index (κ2) is 5.50. The summed E-state index contributed by atoms with van der Waals surface area (Å²) in [5.41, 5.74) is -0.368. The monoisotopic (exact) mass is 213 g/mol. The second-order valence-electron chi connectivity index (χ2n) is 4.94. The number of hydrogen-bond donors (Lipinski definition) is 0. The third kappa shape index (κ3) is 3.82. The van der Waals surface area contributed by atoms with Gasteiger partial charge >= 0.3 is 5.97 Å². The van der Waals surface area contributed by atoms with Gasteiger partial charge in [-0.25, -0.2) is 0 Å². The second-order valence-corrected chi connectivity index (χ2v) is 4.94. The van der Waals surface area contributed by atoms with Crippen LogP contribution >= 0.6 is 0 Å². The predicted molar refractivity (Wildman–Crippen MR) is 60.7 cm³/mol. The van der Waals surface area contributed by atoms with Crippen molar-refractivity contribution in [1.29, 1.82) is 0 Å². The van der Waals surface area contributed by atoms with E-state index in [1.807, 2.05) is 20.8 Å². The lowest BCUT2D eigenvalue weighted by Gasteiger charge is -2.33. The van der Waals surface area contributed by atoms with Crippen LogP contribution in [0.1, 0.15) is 40.0 Å². The van der Waals surface area contributed by atoms with Crippen molar-refractivity contribution in [2.75, 3.05) is 26.2 Å². The predicted octanol–water partition coefficient (Wildman–Crippen LogP) is 2.06. The third-order valence-electron chi connectivity index (χ3n) is 2.90. The molecule has 15 heavy (non-hydrogen) atoms. The molecule has 1 aliphatic heterocycles. The summed E-state index contributed by atoms with van der Waals surface area (Å²) in [6, 6.07) is 0. The van der Waals surface area contributed by atoms with Crippen LogP contribution in [0.2, 0.25) is 0 Å². The summed E-state index contributed by atoms with van der Waals surface area (Å²) >= 11 is 0. The van der Waals surface area contributed by atoms with Crippen LogP contribution in [0.3, 0.4) is 0 Å². The van der Waals surface area contributed by atoms with Crippen LogP contribution in [0.4, 0.5) is 0 Å². The Morgan fingerprint density at radius 1 is 1.27 bits per heavy atom. The average molecular weight is 213 g/mol. The van der Waals surface area contributed by atoms with Gasteiger partial charge in [0.2, 0.25) is 0 Å². The Bertz CT molecular complexity index is 208. The van der Waals surface area contributed by atoms with Crippen molar-refractivity contribution < 1.29 is 9.53 Å². The summed E-state index contributed by atoms with van der Waals surface area (Å²) in [5, 5.41) is 0. The molecule has 0 aromatic carbocycles. The van der Waals surface area contributed by atoms with Gasteiger partial charge in [-0.2, -0.15) is 0 Å². The highest BCUT2D eigenvalue weighted by Gasteiger charge is 2.31. The van der Waals surface area contributed by atoms with Crippen LogP contribution in [-0.4, -0.2) is 37.1 Å². The molecule has 0 amide bonds. The highest BCUT2D eigenvalue weighted by atomic mass is 16.5. The molecule has 1 heterocycles. The highest BCUT2D eigenvalue weighted by Crippen LogP contribution is 2.21. The van der Waals surface area contributed by atoms with Gasteiger partial charge in [-0.1, -0.05) is 6.42 Å². The standard InChI is InChI=1S/C12H23NO2/c1-4-15-11(14)12(2,3)10-13-8-6-5-7-9-13/h4-10H2,1-3H3. The molecule has 0 aliphatic carbocycles. The molecule has 0 bridgehead atoms. The Morgan fingerprint density at radius 2 is 1.87 bits per heavy atom. The number of esters is 1. The fourth-order valence-corrected chi connectivity index (χ4v) is 2.07. The van der Waals surface area contributed by atoms with Crippen LogP contribution in [0.5, 0.6) is 0 Å². The van der Waals surface area contributed by atoms with E-state index in [1.165, 1.54) is 19.3 Å². The van der Waals surface area contributed by atoms with Gasteiger partial charge in [0.25, 0.3) is 0 Å². The third-order valence-corrected chi connectivity index (χ3v) is 2.90. The van der Waals surface area contributed by atoms with Crippen molar-refractivity contribution in [3.05, 3.63) is 0 Å². The van der Waals surface area contributed by atoms with E-state index in [4.69, 9.17) is 4.74 Å². The number of hydrogen-bond acceptors (Lipinski definition) is 3. The van der Waals surface area contributed by atoms with Crippen molar-refractivity contribution in [3.63, 3.8) is 0 Å². The molecule has 0 unspecified atom stereocenters. The minimum absolute atomic E-state index is 0.0735. The van der Waals surface area contributed by atoms with Gasteiger partial charge in [0.05, 0.1) is 12.0 Å². The van der Waals surface area contributed by atoms with E-state index in [0.29, 0.717) is 6.61 Å². The first-order chi connectivity index (χ1) is 7.06. The van der Waals surface area contributed by atoms with Crippen LogP contribution < -0.4 is 0 Å². The highest BCUT2D eigenvalue weighted by molar-refractivity contribution is 5.76. The van der Waals surface area contributed by atoms with Crippen molar-refractivity contribution in [3.8, 4) is 0 Å². The maximum absolute atomic E-state index is 11.7. The summed E-state index contributed by atoms with van der Waals surface area (Å²) in [5.74, 6) is -0.0735. The molecular formula is C12H23NO2. The molecule has 0 radical (unpaired) electrons. The molecule has 88 valence electrons. The zero-order chi connectivity index (χ0) is 11.3. The van der Waals surface area contributed by atoms with Crippen molar-refractivity contribution in [2.45, 2.75) is 40.0 Å². The van der Waals surface area contributed by atoms with Crippen LogP contribution in [-0.2, 0) is 9.53 Å². The topological polar surface area (TPSA) is 29.5 Å². The van der Waals surface area contributed by atoms with E-state index in [2.05, 4.69) is 4.90 Å². The minimum atomic E-state index is -0.368. The maximum Gasteiger partial charge on any atom is 0.312 e. The molecule has 1 aliphatic rings. The van der Waals surface area contributed by atoms with E-state index in [9.17, 15) is 4.79 Å². The Hall–Kier alpha value is -0.570. The first-order valence-electron chi connectivity index (χ1n) is 5.96. The fraction of sp³-hybridized carbons (Fsp3) is 0.917. The van der Waals surface area contributed by atoms with Crippen LogP contribution in [0, 0.1) is 5.41 Å². The zero-order valence-electron chi connectivity index (χ0n) is 10.2. The van der Waals surface area contributed by atoms with E-state index in [1.54, 1.807) is 0 Å². The summed E-state index contributed by atoms with van der Waals surface area (Å²) in [6.45, 7) is 9.35. The molecular weight excluding hydrogens is 190 g/mol. The summed E-state index contributed by atoms with van der Waals surface area (Å²) in [4.78, 5) is 14.1. The largest absolute Gasteiger partial charge is 0.466 e. The molecule has 0 aromatic rings. The smallest absolute Gasteiger partial charge is 0.312 e. The zero-order valence-corrected chi connectivity index (χ0v) is 10.2. The van der Waals surface area contributed by atoms with E-state index in [0.717, 1.165) is 19.6 Å². The molecule has 0 aromatic heterocycles. The number of rotatable bonds is 4. The number of ether oxygens (including phenoxy) is 1. The Morgan fingerprint density at radius 3 is 2.40 bits per heavy atom. The molecule has 3 nitrogen and oxygen atoms in total. The lowest BCUT2D eigenvalue weighted by atomic mass is 9.92. The number of piperidine rings is 1. The van der Waals surface area contributed by atoms with Gasteiger partial charge in [0.1, 0.15) is 0 Å². The summed E-state index contributed by atoms with van der Waals surface area (Å²) < 4.78 is 5.08. The quantitative estimate of drug-likeness (QED) is 0.669. The van der Waals surface area contributed by atoms with Gasteiger partial charge in [0.15, 0.2) is 0 Å². The normalized spacial score (nSPS) is 18.9. The van der Waals surface area contributed by atoms with Crippen molar-refractivity contribution in [1.82, 2.24) is 4.90 Å². The SMILES string of the molecule is CCOC(=O)C(C)(C)CN1CCCCC1. The summed E-state index contributed by atoms with van der Waals surface area (Å²) in [6.07, 6.45) is 3.86. The van der Waals surface area contributed by atoms with E-state index in [-0.39, 0.29) is 11.4 Å². The fourth-order valence-electron chi connectivity index (χ4n) is 2.07. The Kier molecular flexibility index (Phi) is 4.58. The molecule has 0 saturated carbocycles. The van der Waals surface area contributed by atoms with Gasteiger partial charge in [-0.3, -0.25) is 4.79 Å². The molecule has 1 saturated heterocycles. The first kappa shape index (κ1) is 12.5. The number of likely N-dealkylation sites (tertiary alicyclic amines) is 1. The molecule has 1 rings (SSSR count). The number of nitrogens with zero attached hydrogens (tertiary/aromatic N) is 1. The average Bonchev–Trinajstić information content (AvgIpc) is 2.19. The Balaban J connectivity index is 2.42. The van der Waals surface area contributed by atoms with Crippen LogP contribution in [0.15, 0.2) is 0 Å². The number of carbonyl (C=O) groups excluding carboxylic acids is 1. The summed E-state index contributed by atoms with van der Waals surface area (Å²) in [7, 11) is 0. The van der Waals surface area contributed by atoms with E-state index < -0.39 is 0 Å². The first-order valence-corrected chi connectivity index (χ1v) is 5.96. The van der Waals surface area contributed by atoms with Gasteiger partial charge < -0.3 is 9.64 Å². The van der Waals surface area contributed by atoms with Crippen LogP contribution in [0.25, 0.3) is 0 Å². The van der Waals surface area contributed by atoms with Gasteiger partial charge in [-0.05, 0) is 46.7 Å².